The lowest BCUT2D eigenvalue weighted by atomic mass is 10.4. The van der Waals surface area contributed by atoms with Gasteiger partial charge in [-0.2, -0.15) is 0 Å². The largest absolute Gasteiger partial charge is 0.304 e. The first-order chi connectivity index (χ1) is 8.70. The van der Waals surface area contributed by atoms with Crippen LogP contribution in [0.4, 0.5) is 0 Å². The number of hydrogen-bond acceptors (Lipinski definition) is 4. The summed E-state index contributed by atoms with van der Waals surface area (Å²) < 4.78 is 4.97. The Labute approximate surface area is 116 Å². The van der Waals surface area contributed by atoms with Gasteiger partial charge in [0.25, 0.3) is 0 Å². The fraction of sp³-hybridized carbons (Fsp3) is 0.182. The predicted molar refractivity (Wildman–Crippen MR) is 74.7 cm³/mol. The molecule has 3 aromatic heterocycles. The molecule has 0 fully saturated rings. The third kappa shape index (κ3) is 1.74. The molecular weight excluding hydrogens is 314 g/mol. The van der Waals surface area contributed by atoms with Crippen molar-refractivity contribution in [2.24, 2.45) is 7.05 Å². The van der Waals surface area contributed by atoms with E-state index in [-0.39, 0.29) is 0 Å². The highest BCUT2D eigenvalue weighted by atomic mass is 79.9. The van der Waals surface area contributed by atoms with E-state index in [4.69, 9.17) is 0 Å². The smallest absolute Gasteiger partial charge is 0.191 e. The average Bonchev–Trinajstić information content (AvgIpc) is 2.92. The van der Waals surface area contributed by atoms with E-state index in [1.54, 1.807) is 11.8 Å². The molecule has 3 heterocycles. The van der Waals surface area contributed by atoms with Crippen molar-refractivity contribution in [2.45, 2.75) is 5.16 Å². The van der Waals surface area contributed by atoms with Gasteiger partial charge in [0.2, 0.25) is 0 Å². The number of imidazole rings is 1. The molecule has 0 N–H and O–H groups in total. The minimum absolute atomic E-state index is 0.810. The number of halogens is 1. The van der Waals surface area contributed by atoms with Gasteiger partial charge in [0, 0.05) is 17.7 Å². The van der Waals surface area contributed by atoms with Crippen LogP contribution in [-0.4, -0.2) is 30.4 Å². The molecule has 0 saturated heterocycles. The maximum absolute atomic E-state index is 4.37. The molecule has 0 aliphatic heterocycles. The monoisotopic (exact) mass is 323 g/mol. The first-order valence-electron chi connectivity index (χ1n) is 5.27. The first-order valence-corrected chi connectivity index (χ1v) is 7.29. The number of hydrogen-bond donors (Lipinski definition) is 0. The highest BCUT2D eigenvalue weighted by Crippen LogP contribution is 2.23. The van der Waals surface area contributed by atoms with Gasteiger partial charge in [-0.15, -0.1) is 10.2 Å². The normalized spacial score (nSPS) is 11.3. The zero-order valence-corrected chi connectivity index (χ0v) is 12.2. The highest BCUT2D eigenvalue weighted by Gasteiger charge is 2.14. The van der Waals surface area contributed by atoms with E-state index in [0.29, 0.717) is 0 Å². The van der Waals surface area contributed by atoms with Crippen LogP contribution < -0.4 is 0 Å². The molecule has 0 aliphatic rings. The predicted octanol–water partition coefficient (Wildman–Crippen LogP) is 2.61. The van der Waals surface area contributed by atoms with E-state index < -0.39 is 0 Å². The van der Waals surface area contributed by atoms with Crippen LogP contribution in [0, 0.1) is 0 Å². The Bertz CT molecular complexity index is 717. The van der Waals surface area contributed by atoms with E-state index in [1.807, 2.05) is 46.8 Å². The summed E-state index contributed by atoms with van der Waals surface area (Å²) in [6, 6.07) is 3.93. The fourth-order valence-corrected chi connectivity index (χ4v) is 2.66. The summed E-state index contributed by atoms with van der Waals surface area (Å²) in [5.41, 5.74) is 1.82. The van der Waals surface area contributed by atoms with Gasteiger partial charge in [-0.25, -0.2) is 4.98 Å². The number of fused-ring (bicyclic) bond motifs is 1. The quantitative estimate of drug-likeness (QED) is 0.680. The van der Waals surface area contributed by atoms with Crippen LogP contribution in [0.2, 0.25) is 0 Å². The topological polar surface area (TPSA) is 48.0 Å². The SMILES string of the molecule is CSc1nnc(-c2cnc3ccc(Br)cn23)n1C. The molecule has 3 aromatic rings. The van der Waals surface area contributed by atoms with E-state index >= 15 is 0 Å². The zero-order valence-electron chi connectivity index (χ0n) is 9.83. The molecule has 0 bridgehead atoms. The number of rotatable bonds is 2. The second kappa shape index (κ2) is 4.40. The third-order valence-electron chi connectivity index (χ3n) is 2.72. The summed E-state index contributed by atoms with van der Waals surface area (Å²) in [4.78, 5) is 4.37. The van der Waals surface area contributed by atoms with Crippen molar-refractivity contribution in [3.8, 4) is 11.5 Å². The van der Waals surface area contributed by atoms with Crippen LogP contribution in [0.25, 0.3) is 17.2 Å². The van der Waals surface area contributed by atoms with Crippen molar-refractivity contribution in [1.29, 1.82) is 0 Å². The number of nitrogens with zero attached hydrogens (tertiary/aromatic N) is 5. The Balaban J connectivity index is 2.25. The molecule has 0 saturated carbocycles. The van der Waals surface area contributed by atoms with E-state index in [2.05, 4.69) is 31.1 Å². The number of aromatic nitrogens is 5. The Morgan fingerprint density at radius 3 is 2.83 bits per heavy atom. The standard InChI is InChI=1S/C11H10BrN5S/c1-16-10(14-15-11(16)18-2)8-5-13-9-4-3-7(12)6-17(8)9/h3-6H,1-2H3. The van der Waals surface area contributed by atoms with Gasteiger partial charge in [0.15, 0.2) is 11.0 Å². The second-order valence-electron chi connectivity index (χ2n) is 3.79. The molecule has 0 aliphatic carbocycles. The Hall–Kier alpha value is -1.34. The Kier molecular flexibility index (Phi) is 2.87. The number of thioether (sulfide) groups is 1. The highest BCUT2D eigenvalue weighted by molar-refractivity contribution is 9.10. The van der Waals surface area contributed by atoms with Crippen LogP contribution in [-0.2, 0) is 7.05 Å². The molecule has 7 heteroatoms. The zero-order chi connectivity index (χ0) is 12.7. The van der Waals surface area contributed by atoms with Crippen LogP contribution in [0.3, 0.4) is 0 Å². The summed E-state index contributed by atoms with van der Waals surface area (Å²) in [5, 5.41) is 9.25. The van der Waals surface area contributed by atoms with Crippen molar-refractivity contribution in [3.63, 3.8) is 0 Å². The maximum atomic E-state index is 4.37. The summed E-state index contributed by atoms with van der Waals surface area (Å²) in [6.45, 7) is 0. The minimum atomic E-state index is 0.810. The fourth-order valence-electron chi connectivity index (χ4n) is 1.84. The lowest BCUT2D eigenvalue weighted by Gasteiger charge is -2.02. The molecule has 0 spiro atoms. The van der Waals surface area contributed by atoms with E-state index in [9.17, 15) is 0 Å². The summed E-state index contributed by atoms with van der Waals surface area (Å²) >= 11 is 5.04. The van der Waals surface area contributed by atoms with Gasteiger partial charge in [-0.1, -0.05) is 11.8 Å². The average molecular weight is 324 g/mol. The van der Waals surface area contributed by atoms with Crippen LogP contribution in [0.5, 0.6) is 0 Å². The van der Waals surface area contributed by atoms with E-state index in [1.165, 1.54) is 0 Å². The van der Waals surface area contributed by atoms with Crippen molar-refractivity contribution < 1.29 is 0 Å². The molecule has 5 nitrogen and oxygen atoms in total. The Morgan fingerprint density at radius 1 is 1.28 bits per heavy atom. The minimum Gasteiger partial charge on any atom is -0.304 e. The molecule has 18 heavy (non-hydrogen) atoms. The molecular formula is C11H10BrN5S. The Morgan fingerprint density at radius 2 is 2.11 bits per heavy atom. The van der Waals surface area contributed by atoms with E-state index in [0.717, 1.165) is 26.8 Å². The van der Waals surface area contributed by atoms with Gasteiger partial charge in [-0.05, 0) is 34.3 Å². The molecule has 0 amide bonds. The van der Waals surface area contributed by atoms with Gasteiger partial charge in [0.05, 0.1) is 6.20 Å². The van der Waals surface area contributed by atoms with Crippen molar-refractivity contribution in [1.82, 2.24) is 24.1 Å². The third-order valence-corrected chi connectivity index (χ3v) is 3.91. The molecule has 3 rings (SSSR count). The number of pyridine rings is 1. The molecule has 0 atom stereocenters. The van der Waals surface area contributed by atoms with Gasteiger partial charge in [-0.3, -0.25) is 4.40 Å². The second-order valence-corrected chi connectivity index (χ2v) is 5.48. The van der Waals surface area contributed by atoms with Crippen LogP contribution in [0.1, 0.15) is 0 Å². The molecule has 0 unspecified atom stereocenters. The lowest BCUT2D eigenvalue weighted by molar-refractivity contribution is 0.793. The first kappa shape index (κ1) is 11.7. The van der Waals surface area contributed by atoms with Gasteiger partial charge >= 0.3 is 0 Å². The maximum Gasteiger partial charge on any atom is 0.191 e. The summed E-state index contributed by atoms with van der Waals surface area (Å²) in [5.74, 6) is 0.810. The van der Waals surface area contributed by atoms with Crippen LogP contribution >= 0.6 is 27.7 Å². The van der Waals surface area contributed by atoms with Crippen molar-refractivity contribution in [2.75, 3.05) is 6.26 Å². The summed E-state index contributed by atoms with van der Waals surface area (Å²) in [7, 11) is 1.96. The molecule has 0 radical (unpaired) electrons. The van der Waals surface area contributed by atoms with Gasteiger partial charge < -0.3 is 4.57 Å². The molecule has 0 aromatic carbocycles. The van der Waals surface area contributed by atoms with Gasteiger partial charge in [0.1, 0.15) is 11.3 Å². The van der Waals surface area contributed by atoms with Crippen molar-refractivity contribution >= 4 is 33.3 Å². The lowest BCUT2D eigenvalue weighted by Crippen LogP contribution is -1.97. The van der Waals surface area contributed by atoms with Crippen molar-refractivity contribution in [3.05, 3.63) is 29.0 Å². The molecule has 92 valence electrons. The summed E-state index contributed by atoms with van der Waals surface area (Å²) in [6.07, 6.45) is 5.78. The van der Waals surface area contributed by atoms with Crippen LogP contribution in [0.15, 0.2) is 34.2 Å².